The van der Waals surface area contributed by atoms with Crippen molar-refractivity contribution in [2.24, 2.45) is 0 Å². The van der Waals surface area contributed by atoms with Crippen molar-refractivity contribution >= 4 is 111 Å². The van der Waals surface area contributed by atoms with Gasteiger partial charge in [0.15, 0.2) is 0 Å². The van der Waals surface area contributed by atoms with E-state index in [2.05, 4.69) is 43.6 Å². The Labute approximate surface area is 718 Å². The van der Waals surface area contributed by atoms with E-state index in [0.717, 1.165) is 116 Å². The third kappa shape index (κ3) is 30.0. The van der Waals surface area contributed by atoms with Crippen LogP contribution in [0.25, 0.3) is 33.4 Å². The van der Waals surface area contributed by atoms with Crippen LogP contribution in [-0.4, -0.2) is 125 Å². The number of piperidine rings is 2. The summed E-state index contributed by atoms with van der Waals surface area (Å²) in [6.07, 6.45) is 9.00. The van der Waals surface area contributed by atoms with E-state index in [-0.39, 0.29) is 30.9 Å². The van der Waals surface area contributed by atoms with Crippen molar-refractivity contribution < 1.29 is 47.8 Å². The molecule has 9 aromatic carbocycles. The minimum atomic E-state index is -0.640. The van der Waals surface area contributed by atoms with E-state index in [1.54, 1.807) is 74.2 Å². The first-order chi connectivity index (χ1) is 56.2. The first-order valence-electron chi connectivity index (χ1n) is 40.1. The summed E-state index contributed by atoms with van der Waals surface area (Å²) < 4.78 is 16.2. The molecule has 4 aliphatic heterocycles. The zero-order chi connectivity index (χ0) is 85.6. The van der Waals surface area contributed by atoms with Crippen LogP contribution in [0, 0.1) is 0 Å². The van der Waals surface area contributed by atoms with Gasteiger partial charge in [0.2, 0.25) is 0 Å². The van der Waals surface area contributed by atoms with Gasteiger partial charge in [0.05, 0.1) is 34.1 Å². The number of likely N-dealkylation sites (tertiary alicyclic amines) is 2. The Bertz CT molecular complexity index is 4730. The first kappa shape index (κ1) is 95.6. The molecule has 9 N–H and O–H groups in total. The van der Waals surface area contributed by atoms with Crippen LogP contribution >= 0.6 is 34.8 Å². The van der Waals surface area contributed by atoms with Crippen LogP contribution in [0.3, 0.4) is 0 Å². The maximum atomic E-state index is 13.4. The van der Waals surface area contributed by atoms with Gasteiger partial charge in [0, 0.05) is 72.3 Å². The summed E-state index contributed by atoms with van der Waals surface area (Å²) in [4.78, 5) is 88.3. The average molecular weight is 1680 g/mol. The highest BCUT2D eigenvalue weighted by Gasteiger charge is 2.46. The van der Waals surface area contributed by atoms with Crippen molar-refractivity contribution in [3.8, 4) is 33.4 Å². The second kappa shape index (κ2) is 45.6. The molecule has 634 valence electrons. The molecule has 13 rings (SSSR count). The van der Waals surface area contributed by atoms with Gasteiger partial charge in [0.25, 0.3) is 17.1 Å². The number of alkyl halides is 2. The molecule has 4 aliphatic rings. The van der Waals surface area contributed by atoms with Crippen molar-refractivity contribution in [3.05, 3.63) is 252 Å². The number of carbonyl (C=O) groups excluding carboxylic acids is 7. The SMILES string of the molecule is C.CC(C)(C)OC(=O)N1CCCC12CCNCC2.CC(C)(C)OC(=O)Nc1ccc(-c2ccccc2)cc1N.CC=O.CCN(C(=O)c1ccc(CCl)cc1)c1cc(-c2ccccc2)ccc1NC(=O)OC(C)(C)C.Nc1ccc(-c2ccccc2)cc1NC(=O)c1ccc(CN2CCC3(CCCN3)CC2)cc1.O=C(Cl)c1ccc(CCl)cc1. The minimum absolute atomic E-state index is 0. The molecule has 4 heterocycles. The highest BCUT2D eigenvalue weighted by Crippen LogP contribution is 2.39. The predicted molar refractivity (Wildman–Crippen MR) is 488 cm³/mol. The standard InChI is InChI=1S/C28H32N4O.C27H29ClN2O3.C17H20N2O2.C13H24N2O2.C8H6Cl2O.C2H4O.CH4/c29-25-12-11-24(22-5-2-1-3-6-22)19-26(25)31-27(33)23-9-7-21(8-10-23)20-32-17-14-28(15-18-32)13-4-16-30-28;1-5-30(25(31)21-13-11-19(18-28)12-14-21)24-17-22(20-9-7-6-8-10-20)15-16-23(24)29-26(32)33-27(2,3)4;1-17(2,3)21-16(20)19-15-10-9-13(11-14(15)18)12-7-5-4-6-8-12;1-12(2,3)17-11(16)15-10-4-5-13(15)6-8-14-9-7-13;9-5-6-1-3-7(4-2-6)8(10)11;1-2-3;/h1-3,5-12,19,30H,4,13-18,20,29H2,(H,31,33);6-17H,5,18H2,1-4H3,(H,29,32);4-11H,18H2,1-3H3,(H,19,20);14H,4-10H2,1-3H3;1-4H,5H2;2H,1H3;1H4. The molecular formula is C96H119Cl3N10O10. The van der Waals surface area contributed by atoms with Crippen LogP contribution in [0.15, 0.2) is 218 Å². The van der Waals surface area contributed by atoms with E-state index in [1.165, 1.54) is 44.7 Å². The van der Waals surface area contributed by atoms with Crippen LogP contribution in [0.5, 0.6) is 0 Å². The molecular weight excluding hydrogens is 1560 g/mol. The van der Waals surface area contributed by atoms with Gasteiger partial charge >= 0.3 is 18.3 Å². The molecule has 23 heteroatoms. The molecule has 2 spiro atoms. The fourth-order valence-electron chi connectivity index (χ4n) is 14.1. The van der Waals surface area contributed by atoms with Gasteiger partial charge in [-0.1, -0.05) is 153 Å². The van der Waals surface area contributed by atoms with Gasteiger partial charge in [-0.2, -0.15) is 0 Å². The number of nitrogens with two attached hydrogens (primary N) is 2. The van der Waals surface area contributed by atoms with E-state index < -0.39 is 34.2 Å². The molecule has 0 aliphatic carbocycles. The van der Waals surface area contributed by atoms with E-state index in [0.29, 0.717) is 74.7 Å². The summed E-state index contributed by atoms with van der Waals surface area (Å²) in [6.45, 7) is 27.6. The van der Waals surface area contributed by atoms with E-state index >= 15 is 0 Å². The van der Waals surface area contributed by atoms with Crippen molar-refractivity contribution in [2.45, 2.75) is 181 Å². The maximum Gasteiger partial charge on any atom is 0.412 e. The van der Waals surface area contributed by atoms with Gasteiger partial charge in [-0.3, -0.25) is 29.9 Å². The molecule has 0 radical (unpaired) electrons. The molecule has 4 saturated heterocycles. The Kier molecular flexibility index (Phi) is 36.6. The van der Waals surface area contributed by atoms with E-state index in [4.69, 9.17) is 65.3 Å². The zero-order valence-corrected chi connectivity index (χ0v) is 72.1. The minimum Gasteiger partial charge on any atom is -0.444 e. The zero-order valence-electron chi connectivity index (χ0n) is 69.8. The lowest BCUT2D eigenvalue weighted by atomic mass is 9.86. The largest absolute Gasteiger partial charge is 0.444 e. The fourth-order valence-corrected chi connectivity index (χ4v) is 14.6. The van der Waals surface area contributed by atoms with Crippen LogP contribution in [-0.2, 0) is 37.3 Å². The molecule has 0 atom stereocenters. The van der Waals surface area contributed by atoms with Crippen LogP contribution in [0.4, 0.5) is 48.5 Å². The average Bonchev–Trinajstić information content (AvgIpc) is 1.69. The Balaban J connectivity index is 0.000000212. The van der Waals surface area contributed by atoms with Gasteiger partial charge in [0.1, 0.15) is 23.1 Å². The van der Waals surface area contributed by atoms with Gasteiger partial charge < -0.3 is 56.2 Å². The lowest BCUT2D eigenvalue weighted by Crippen LogP contribution is -2.54. The summed E-state index contributed by atoms with van der Waals surface area (Å²) in [5.41, 5.74) is 25.3. The van der Waals surface area contributed by atoms with E-state index in [9.17, 15) is 28.8 Å². The number of nitrogens with one attached hydrogen (secondary N) is 5. The fraction of sp³-hybridized carbons (Fsp3) is 0.365. The Morgan fingerprint density at radius 3 is 1.40 bits per heavy atom. The second-order valence-corrected chi connectivity index (χ2v) is 33.2. The molecule has 0 saturated carbocycles. The topological polar surface area (TPSA) is 269 Å². The molecule has 0 unspecified atom stereocenters. The van der Waals surface area contributed by atoms with Crippen LogP contribution in [0.1, 0.15) is 183 Å². The number of benzene rings is 9. The summed E-state index contributed by atoms with van der Waals surface area (Å²) >= 11 is 16.7. The Morgan fingerprint density at radius 2 is 0.941 bits per heavy atom. The first-order valence-corrected chi connectivity index (χ1v) is 41.6. The normalized spacial score (nSPS) is 14.4. The highest BCUT2D eigenvalue weighted by atomic mass is 35.5. The number of anilines is 6. The number of hydrogen-bond donors (Lipinski definition) is 7. The quantitative estimate of drug-likeness (QED) is 0.0165. The molecule has 0 bridgehead atoms. The highest BCUT2D eigenvalue weighted by molar-refractivity contribution is 6.67. The third-order valence-electron chi connectivity index (χ3n) is 20.0. The maximum absolute atomic E-state index is 13.4. The molecule has 0 aromatic heterocycles. The third-order valence-corrected chi connectivity index (χ3v) is 20.8. The summed E-state index contributed by atoms with van der Waals surface area (Å²) in [7, 11) is 0. The lowest BCUT2D eigenvalue weighted by Gasteiger charge is -2.42. The Morgan fingerprint density at radius 1 is 0.487 bits per heavy atom. The van der Waals surface area contributed by atoms with Gasteiger partial charge in [-0.05, 0) is 282 Å². The molecule has 5 amide bonds. The van der Waals surface area contributed by atoms with Crippen molar-refractivity contribution in [2.75, 3.05) is 78.1 Å². The number of nitrogen functional groups attached to an aromatic ring is 2. The van der Waals surface area contributed by atoms with Gasteiger partial charge in [-0.25, -0.2) is 14.4 Å². The molecule has 9 aromatic rings. The van der Waals surface area contributed by atoms with Crippen molar-refractivity contribution in [3.63, 3.8) is 0 Å². The summed E-state index contributed by atoms with van der Waals surface area (Å²) in [5, 5.41) is 15.1. The summed E-state index contributed by atoms with van der Waals surface area (Å²) in [5.74, 6) is 0.521. The van der Waals surface area contributed by atoms with E-state index in [1.807, 2.05) is 211 Å². The number of ether oxygens (including phenoxy) is 3. The number of amides is 5. The number of halogens is 3. The number of aldehydes is 1. The number of nitrogens with zero attached hydrogens (tertiary/aromatic N) is 3. The number of rotatable bonds is 15. The van der Waals surface area contributed by atoms with Crippen LogP contribution in [0.2, 0.25) is 0 Å². The number of carbonyl (C=O) groups is 7. The van der Waals surface area contributed by atoms with Crippen molar-refractivity contribution in [1.82, 2.24) is 20.4 Å². The molecule has 20 nitrogen and oxygen atoms in total. The summed E-state index contributed by atoms with van der Waals surface area (Å²) in [6, 6.07) is 68.8. The molecule has 119 heavy (non-hydrogen) atoms. The van der Waals surface area contributed by atoms with Gasteiger partial charge in [-0.15, -0.1) is 23.2 Å². The van der Waals surface area contributed by atoms with Crippen molar-refractivity contribution in [1.29, 1.82) is 0 Å². The monoisotopic (exact) mass is 1680 g/mol. The smallest absolute Gasteiger partial charge is 0.412 e. The number of hydrogen-bond acceptors (Lipinski definition) is 15. The Hall–Kier alpha value is -10.6. The predicted octanol–water partition coefficient (Wildman–Crippen LogP) is 22.1. The second-order valence-electron chi connectivity index (χ2n) is 32.4. The lowest BCUT2D eigenvalue weighted by molar-refractivity contribution is -0.106. The van der Waals surface area contributed by atoms with Crippen LogP contribution < -0.4 is 43.0 Å². The molecule has 4 fully saturated rings.